The second-order valence-corrected chi connectivity index (χ2v) is 6.42. The van der Waals surface area contributed by atoms with E-state index in [9.17, 15) is 9.59 Å². The molecule has 1 fully saturated rings. The zero-order chi connectivity index (χ0) is 19.1. The molecule has 0 aliphatic carbocycles. The molecule has 2 aromatic rings. The standard InChI is InChI=1S/C19H25N5O3.ClH/c1-27-16-6-2-4-14(12-16)18(25)21-9-10-22-19(26)17-7-11-24(23-17)15-5-3-8-20-13-15;/h2,4,6-7,11-12,15,20H,3,5,8-10,13H2,1H3,(H,21,25)(H,22,26);1H. The fourth-order valence-electron chi connectivity index (χ4n) is 3.03. The highest BCUT2D eigenvalue weighted by atomic mass is 35.5. The first-order chi connectivity index (χ1) is 13.2. The van der Waals surface area contributed by atoms with E-state index in [1.807, 2.05) is 10.9 Å². The van der Waals surface area contributed by atoms with Gasteiger partial charge in [-0.05, 0) is 43.7 Å². The van der Waals surface area contributed by atoms with Gasteiger partial charge in [0, 0.05) is 31.4 Å². The molecule has 2 amide bonds. The Kier molecular flexibility index (Phi) is 8.28. The van der Waals surface area contributed by atoms with Crippen LogP contribution in [0.1, 0.15) is 39.7 Å². The lowest BCUT2D eigenvalue weighted by Gasteiger charge is -2.22. The Labute approximate surface area is 170 Å². The van der Waals surface area contributed by atoms with E-state index < -0.39 is 0 Å². The van der Waals surface area contributed by atoms with Crippen molar-refractivity contribution < 1.29 is 14.3 Å². The van der Waals surface area contributed by atoms with Crippen molar-refractivity contribution in [1.29, 1.82) is 0 Å². The summed E-state index contributed by atoms with van der Waals surface area (Å²) in [5.41, 5.74) is 0.903. The third-order valence-corrected chi connectivity index (χ3v) is 4.51. The van der Waals surface area contributed by atoms with E-state index in [1.54, 1.807) is 37.4 Å². The summed E-state index contributed by atoms with van der Waals surface area (Å²) in [5.74, 6) is 0.171. The number of aromatic nitrogens is 2. The average Bonchev–Trinajstić information content (AvgIpc) is 3.22. The van der Waals surface area contributed by atoms with Crippen molar-refractivity contribution >= 4 is 24.2 Å². The maximum atomic E-state index is 12.2. The largest absolute Gasteiger partial charge is 0.497 e. The molecule has 0 spiro atoms. The van der Waals surface area contributed by atoms with Gasteiger partial charge in [0.05, 0.1) is 13.2 Å². The van der Waals surface area contributed by atoms with Crippen molar-refractivity contribution in [2.45, 2.75) is 18.9 Å². The van der Waals surface area contributed by atoms with Crippen LogP contribution in [-0.4, -0.2) is 54.9 Å². The maximum absolute atomic E-state index is 12.2. The first-order valence-electron chi connectivity index (χ1n) is 9.13. The van der Waals surface area contributed by atoms with E-state index in [0.717, 1.165) is 25.9 Å². The third kappa shape index (κ3) is 5.71. The number of hydrogen-bond acceptors (Lipinski definition) is 5. The maximum Gasteiger partial charge on any atom is 0.271 e. The predicted molar refractivity (Wildman–Crippen MR) is 108 cm³/mol. The van der Waals surface area contributed by atoms with Gasteiger partial charge in [0.15, 0.2) is 0 Å². The highest BCUT2D eigenvalue weighted by molar-refractivity contribution is 5.94. The monoisotopic (exact) mass is 407 g/mol. The minimum Gasteiger partial charge on any atom is -0.497 e. The van der Waals surface area contributed by atoms with Crippen LogP contribution in [0.4, 0.5) is 0 Å². The molecule has 152 valence electrons. The smallest absolute Gasteiger partial charge is 0.271 e. The molecule has 3 rings (SSSR count). The number of piperidine rings is 1. The van der Waals surface area contributed by atoms with Crippen molar-refractivity contribution in [3.8, 4) is 5.75 Å². The summed E-state index contributed by atoms with van der Waals surface area (Å²) < 4.78 is 6.96. The van der Waals surface area contributed by atoms with Gasteiger partial charge in [-0.2, -0.15) is 5.10 Å². The quantitative estimate of drug-likeness (QED) is 0.603. The van der Waals surface area contributed by atoms with Crippen LogP contribution in [0, 0.1) is 0 Å². The zero-order valence-corrected chi connectivity index (χ0v) is 16.6. The van der Waals surface area contributed by atoms with Crippen LogP contribution in [0.3, 0.4) is 0 Å². The second kappa shape index (κ2) is 10.7. The van der Waals surface area contributed by atoms with Crippen molar-refractivity contribution in [2.75, 3.05) is 33.3 Å². The fraction of sp³-hybridized carbons (Fsp3) is 0.421. The van der Waals surface area contributed by atoms with E-state index in [1.165, 1.54) is 0 Å². The number of amides is 2. The lowest BCUT2D eigenvalue weighted by molar-refractivity contribution is 0.0924. The Morgan fingerprint density at radius 2 is 2.04 bits per heavy atom. The lowest BCUT2D eigenvalue weighted by Crippen LogP contribution is -2.35. The molecular formula is C19H26ClN5O3. The van der Waals surface area contributed by atoms with Gasteiger partial charge >= 0.3 is 0 Å². The number of hydrogen-bond donors (Lipinski definition) is 3. The summed E-state index contributed by atoms with van der Waals surface area (Å²) in [6.07, 6.45) is 4.02. The Morgan fingerprint density at radius 1 is 1.25 bits per heavy atom. The number of nitrogens with zero attached hydrogens (tertiary/aromatic N) is 2. The first-order valence-corrected chi connectivity index (χ1v) is 9.13. The molecule has 1 aliphatic rings. The number of methoxy groups -OCH3 is 1. The highest BCUT2D eigenvalue weighted by Crippen LogP contribution is 2.15. The summed E-state index contributed by atoms with van der Waals surface area (Å²) in [6.45, 7) is 2.56. The molecule has 1 aromatic heterocycles. The van der Waals surface area contributed by atoms with Crippen molar-refractivity contribution in [2.24, 2.45) is 0 Å². The van der Waals surface area contributed by atoms with Gasteiger partial charge in [-0.3, -0.25) is 14.3 Å². The number of carbonyl (C=O) groups excluding carboxylic acids is 2. The molecule has 3 N–H and O–H groups in total. The summed E-state index contributed by atoms with van der Waals surface area (Å²) in [5, 5.41) is 13.3. The first kappa shape index (κ1) is 21.7. The lowest BCUT2D eigenvalue weighted by atomic mass is 10.1. The highest BCUT2D eigenvalue weighted by Gasteiger charge is 2.17. The predicted octanol–water partition coefficient (Wildman–Crippen LogP) is 1.40. The number of rotatable bonds is 7. The Morgan fingerprint density at radius 3 is 2.75 bits per heavy atom. The molecule has 0 bridgehead atoms. The summed E-state index contributed by atoms with van der Waals surface area (Å²) in [4.78, 5) is 24.3. The molecule has 1 aliphatic heterocycles. The van der Waals surface area contributed by atoms with Gasteiger partial charge in [0.25, 0.3) is 11.8 Å². The minimum atomic E-state index is -0.242. The molecule has 9 heteroatoms. The summed E-state index contributed by atoms with van der Waals surface area (Å²) >= 11 is 0. The van der Waals surface area contributed by atoms with Gasteiger partial charge in [-0.25, -0.2) is 0 Å². The average molecular weight is 408 g/mol. The van der Waals surface area contributed by atoms with Crippen molar-refractivity contribution in [3.05, 3.63) is 47.8 Å². The molecular weight excluding hydrogens is 382 g/mol. The Bertz CT molecular complexity index is 789. The van der Waals surface area contributed by atoms with Crippen LogP contribution in [0.25, 0.3) is 0 Å². The van der Waals surface area contributed by atoms with Gasteiger partial charge < -0.3 is 20.7 Å². The molecule has 0 saturated carbocycles. The van der Waals surface area contributed by atoms with E-state index in [2.05, 4.69) is 21.0 Å². The molecule has 0 radical (unpaired) electrons. The van der Waals surface area contributed by atoms with E-state index in [4.69, 9.17) is 4.74 Å². The van der Waals surface area contributed by atoms with Crippen LogP contribution >= 0.6 is 12.4 Å². The van der Waals surface area contributed by atoms with E-state index >= 15 is 0 Å². The van der Waals surface area contributed by atoms with Crippen molar-refractivity contribution in [1.82, 2.24) is 25.7 Å². The van der Waals surface area contributed by atoms with Gasteiger partial charge in [-0.1, -0.05) is 6.07 Å². The Hall–Kier alpha value is -2.58. The number of benzene rings is 1. The van der Waals surface area contributed by atoms with Crippen LogP contribution in [0.15, 0.2) is 36.5 Å². The normalized spacial score (nSPS) is 16.0. The number of halogens is 1. The number of carbonyl (C=O) groups is 2. The van der Waals surface area contributed by atoms with Crippen LogP contribution in [0.2, 0.25) is 0 Å². The Balaban J connectivity index is 0.00000280. The van der Waals surface area contributed by atoms with Crippen LogP contribution in [-0.2, 0) is 0 Å². The topological polar surface area (TPSA) is 97.3 Å². The van der Waals surface area contributed by atoms with Gasteiger partial charge in [0.1, 0.15) is 11.4 Å². The molecule has 2 heterocycles. The molecule has 28 heavy (non-hydrogen) atoms. The fourth-order valence-corrected chi connectivity index (χ4v) is 3.03. The van der Waals surface area contributed by atoms with E-state index in [0.29, 0.717) is 36.1 Å². The van der Waals surface area contributed by atoms with Crippen LogP contribution < -0.4 is 20.7 Å². The van der Waals surface area contributed by atoms with Gasteiger partial charge in [-0.15, -0.1) is 12.4 Å². The second-order valence-electron chi connectivity index (χ2n) is 6.42. The summed E-state index contributed by atoms with van der Waals surface area (Å²) in [7, 11) is 1.55. The minimum absolute atomic E-state index is 0. The summed E-state index contributed by atoms with van der Waals surface area (Å²) in [6, 6.07) is 8.93. The van der Waals surface area contributed by atoms with Crippen molar-refractivity contribution in [3.63, 3.8) is 0 Å². The third-order valence-electron chi connectivity index (χ3n) is 4.51. The molecule has 1 atom stereocenters. The van der Waals surface area contributed by atoms with Crippen LogP contribution in [0.5, 0.6) is 5.75 Å². The molecule has 1 aromatic carbocycles. The van der Waals surface area contributed by atoms with E-state index in [-0.39, 0.29) is 24.2 Å². The SMILES string of the molecule is COc1cccc(C(=O)NCCNC(=O)c2ccn(C3CCCNC3)n2)c1.Cl. The molecule has 8 nitrogen and oxygen atoms in total. The number of nitrogens with one attached hydrogen (secondary N) is 3. The number of ether oxygens (including phenoxy) is 1. The van der Waals surface area contributed by atoms with Gasteiger partial charge in [0.2, 0.25) is 0 Å². The molecule has 1 unspecified atom stereocenters. The molecule has 1 saturated heterocycles. The zero-order valence-electron chi connectivity index (χ0n) is 15.8.